The van der Waals surface area contributed by atoms with Crippen LogP contribution < -0.4 is 0 Å². The van der Waals surface area contributed by atoms with Gasteiger partial charge in [0.25, 0.3) is 0 Å². The molecule has 0 aliphatic rings. The zero-order chi connectivity index (χ0) is 39.3. The van der Waals surface area contributed by atoms with Gasteiger partial charge in [0.1, 0.15) is 11.2 Å². The molecule has 1 aromatic heterocycles. The van der Waals surface area contributed by atoms with E-state index in [1.54, 1.807) is 0 Å². The van der Waals surface area contributed by atoms with Crippen molar-refractivity contribution < 1.29 is 19.5 Å². The van der Waals surface area contributed by atoms with Gasteiger partial charge in [-0.3, -0.25) is 0 Å². The topological polar surface area (TPSA) is 13.1 Å². The molecular weight excluding hydrogens is 544 g/mol. The summed E-state index contributed by atoms with van der Waals surface area (Å²) in [7, 11) is 0. The van der Waals surface area contributed by atoms with Crippen LogP contribution in [0, 0.1) is 0 Å². The highest BCUT2D eigenvalue weighted by atomic mass is 16.3. The highest BCUT2D eigenvalue weighted by molar-refractivity contribution is 6.24. The molecule has 0 saturated heterocycles. The summed E-state index contributed by atoms with van der Waals surface area (Å²) in [5.74, 6) is 0. The van der Waals surface area contributed by atoms with Gasteiger partial charge in [0, 0.05) is 21.9 Å². The summed E-state index contributed by atoms with van der Waals surface area (Å²) < 4.78 is 103. The Morgan fingerprint density at radius 2 is 0.978 bits per heavy atom. The van der Waals surface area contributed by atoms with E-state index in [4.69, 9.17) is 16.8 Å². The maximum atomic E-state index is 9.35. The number of fused-ring (bicyclic) bond motifs is 5. The van der Waals surface area contributed by atoms with Crippen molar-refractivity contribution in [1.82, 2.24) is 0 Å². The molecule has 210 valence electrons. The Labute approximate surface area is 277 Å². The van der Waals surface area contributed by atoms with E-state index in [0.29, 0.717) is 5.56 Å². The van der Waals surface area contributed by atoms with E-state index >= 15 is 0 Å². The molecule has 45 heavy (non-hydrogen) atoms. The van der Waals surface area contributed by atoms with Crippen molar-refractivity contribution in [3.63, 3.8) is 0 Å². The zero-order valence-electron chi connectivity index (χ0n) is 34.7. The predicted octanol–water partition coefficient (Wildman–Crippen LogP) is 12.6. The van der Waals surface area contributed by atoms with Crippen LogP contribution in [0.15, 0.2) is 174 Å². The minimum absolute atomic E-state index is 0.0237. The third-order valence-corrected chi connectivity index (χ3v) is 8.27. The normalized spacial score (nSPS) is 15.0. The lowest BCUT2D eigenvalue weighted by Gasteiger charge is -2.18. The van der Waals surface area contributed by atoms with E-state index in [1.165, 1.54) is 0 Å². The Morgan fingerprint density at radius 1 is 0.378 bits per heavy atom. The number of para-hydroxylation sites is 1. The average molecular weight is 584 g/mol. The van der Waals surface area contributed by atoms with Gasteiger partial charge in [-0.2, -0.15) is 0 Å². The van der Waals surface area contributed by atoms with Gasteiger partial charge < -0.3 is 4.42 Å². The minimum Gasteiger partial charge on any atom is -0.455 e. The van der Waals surface area contributed by atoms with E-state index in [9.17, 15) is 2.74 Å². The monoisotopic (exact) mass is 583 g/mol. The molecule has 0 unspecified atom stereocenters. The van der Waals surface area contributed by atoms with Crippen LogP contribution in [0.3, 0.4) is 0 Å². The van der Waals surface area contributed by atoms with E-state index in [0.717, 1.165) is 43.8 Å². The largest absolute Gasteiger partial charge is 0.455 e. The molecule has 0 spiro atoms. The zero-order valence-corrected chi connectivity index (χ0v) is 23.7. The molecule has 0 fully saturated rings. The van der Waals surface area contributed by atoms with Crippen molar-refractivity contribution in [1.29, 1.82) is 0 Å². The van der Waals surface area contributed by atoms with Crippen LogP contribution >= 0.6 is 0 Å². The standard InChI is InChI=1S/C44H28O/c1-3-12-29(13-4-1)31-22-24-32(25-23-31)42-35-16-7-9-18-37(35)43(38-19-10-8-17-36(38)42)40-21-11-20-39-34-27-26-33(28-41(34)45-44(39)40)30-14-5-2-6-15-30/h1-28H/i2D,5D,6D,11D,14D,15D,20D,21D,26D,27D,28D. The first-order valence-electron chi connectivity index (χ1n) is 20.0. The van der Waals surface area contributed by atoms with Gasteiger partial charge in [-0.25, -0.2) is 0 Å². The van der Waals surface area contributed by atoms with Crippen molar-refractivity contribution in [3.05, 3.63) is 170 Å². The smallest absolute Gasteiger partial charge is 0.143 e. The van der Waals surface area contributed by atoms with E-state index in [1.807, 2.05) is 66.7 Å². The Balaban J connectivity index is 1.39. The van der Waals surface area contributed by atoms with E-state index in [2.05, 4.69) is 36.4 Å². The van der Waals surface area contributed by atoms with Gasteiger partial charge in [0.05, 0.1) is 15.1 Å². The third-order valence-electron chi connectivity index (χ3n) is 8.27. The van der Waals surface area contributed by atoms with E-state index < -0.39 is 66.0 Å². The Hall–Kier alpha value is -5.92. The maximum Gasteiger partial charge on any atom is 0.143 e. The lowest BCUT2D eigenvalue weighted by Crippen LogP contribution is -1.91. The molecule has 0 aliphatic heterocycles. The van der Waals surface area contributed by atoms with Crippen LogP contribution in [-0.2, 0) is 0 Å². The van der Waals surface area contributed by atoms with Crippen LogP contribution in [0.2, 0.25) is 0 Å². The van der Waals surface area contributed by atoms with Crippen LogP contribution in [0.1, 0.15) is 15.1 Å². The third kappa shape index (κ3) is 4.17. The van der Waals surface area contributed by atoms with Gasteiger partial charge >= 0.3 is 0 Å². The summed E-state index contributed by atoms with van der Waals surface area (Å²) in [6.45, 7) is 0. The molecular formula is C44H28O. The molecule has 0 amide bonds. The molecule has 0 atom stereocenters. The van der Waals surface area contributed by atoms with Crippen LogP contribution in [0.5, 0.6) is 0 Å². The number of hydrogen-bond acceptors (Lipinski definition) is 1. The molecule has 1 heterocycles. The molecule has 1 nitrogen and oxygen atoms in total. The number of benzene rings is 8. The molecule has 0 radical (unpaired) electrons. The maximum absolute atomic E-state index is 9.35. The van der Waals surface area contributed by atoms with Crippen LogP contribution in [0.4, 0.5) is 0 Å². The number of hydrogen-bond donors (Lipinski definition) is 0. The summed E-state index contributed by atoms with van der Waals surface area (Å²) in [6.07, 6.45) is 0. The SMILES string of the molecule is [2H]c1c([2H])c([2H])c(-c2c([2H])c([2H])c3c(oc4c(-c5c6ccccc6c(-c6ccc(-c7ccccc7)cc6)c6ccccc56)c([2H])c([2H])c([2H])c43)c2[2H])c([2H])c1[2H]. The lowest BCUT2D eigenvalue weighted by molar-refractivity contribution is 0.670. The molecule has 9 rings (SSSR count). The molecule has 1 heteroatoms. The summed E-state index contributed by atoms with van der Waals surface area (Å²) in [5.41, 5.74) is 3.72. The van der Waals surface area contributed by atoms with Crippen molar-refractivity contribution in [3.8, 4) is 44.5 Å². The fraction of sp³-hybridized carbons (Fsp3) is 0. The summed E-state index contributed by atoms with van der Waals surface area (Å²) in [5, 5.41) is 3.06. The Kier molecular flexibility index (Phi) is 3.87. The fourth-order valence-electron chi connectivity index (χ4n) is 6.26. The van der Waals surface area contributed by atoms with Crippen LogP contribution in [-0.4, -0.2) is 0 Å². The quantitative estimate of drug-likeness (QED) is 0.188. The van der Waals surface area contributed by atoms with Gasteiger partial charge in [-0.15, -0.1) is 0 Å². The molecule has 0 bridgehead atoms. The fourth-order valence-corrected chi connectivity index (χ4v) is 6.26. The lowest BCUT2D eigenvalue weighted by atomic mass is 9.85. The summed E-state index contributed by atoms with van der Waals surface area (Å²) in [4.78, 5) is 0. The summed E-state index contributed by atoms with van der Waals surface area (Å²) >= 11 is 0. The first kappa shape index (κ1) is 16.8. The first-order valence-corrected chi connectivity index (χ1v) is 14.5. The Morgan fingerprint density at radius 3 is 1.67 bits per heavy atom. The van der Waals surface area contributed by atoms with Crippen molar-refractivity contribution >= 4 is 43.5 Å². The second-order valence-electron chi connectivity index (χ2n) is 10.8. The molecule has 0 aliphatic carbocycles. The minimum atomic E-state index is -0.654. The predicted molar refractivity (Wildman–Crippen MR) is 190 cm³/mol. The molecule has 8 aromatic carbocycles. The second-order valence-corrected chi connectivity index (χ2v) is 10.8. The average Bonchev–Trinajstić information content (AvgIpc) is 3.63. The van der Waals surface area contributed by atoms with Gasteiger partial charge in [0.15, 0.2) is 0 Å². The number of furan rings is 1. The van der Waals surface area contributed by atoms with Gasteiger partial charge in [-0.05, 0) is 67.0 Å². The number of rotatable bonds is 4. The van der Waals surface area contributed by atoms with Crippen molar-refractivity contribution in [2.24, 2.45) is 0 Å². The van der Waals surface area contributed by atoms with Gasteiger partial charge in [-0.1, -0.05) is 158 Å². The first-order chi connectivity index (χ1) is 26.9. The second kappa shape index (κ2) is 10.4. The van der Waals surface area contributed by atoms with Crippen molar-refractivity contribution in [2.45, 2.75) is 0 Å². The summed E-state index contributed by atoms with van der Waals surface area (Å²) in [6, 6.07) is 27.9. The van der Waals surface area contributed by atoms with Crippen LogP contribution in [0.25, 0.3) is 88.0 Å². The molecule has 0 N–H and O–H groups in total. The van der Waals surface area contributed by atoms with Crippen molar-refractivity contribution in [2.75, 3.05) is 0 Å². The van der Waals surface area contributed by atoms with Gasteiger partial charge in [0.2, 0.25) is 0 Å². The highest BCUT2D eigenvalue weighted by Crippen LogP contribution is 2.46. The molecule has 9 aromatic rings. The van der Waals surface area contributed by atoms with E-state index in [-0.39, 0.29) is 39.1 Å². The Bertz CT molecular complexity index is 3050. The highest BCUT2D eigenvalue weighted by Gasteiger charge is 2.20. The molecule has 0 saturated carbocycles.